The highest BCUT2D eigenvalue weighted by Crippen LogP contribution is 2.12. The summed E-state index contributed by atoms with van der Waals surface area (Å²) in [6.07, 6.45) is 0.811. The van der Waals surface area contributed by atoms with Gasteiger partial charge in [0.05, 0.1) is 18.1 Å². The molecule has 1 rings (SSSR count). The van der Waals surface area contributed by atoms with Crippen LogP contribution in [-0.2, 0) is 9.53 Å². The summed E-state index contributed by atoms with van der Waals surface area (Å²) in [5, 5.41) is 13.9. The van der Waals surface area contributed by atoms with Gasteiger partial charge in [0.25, 0.3) is 0 Å². The van der Waals surface area contributed by atoms with Gasteiger partial charge in [-0.3, -0.25) is 4.79 Å². The zero-order valence-corrected chi connectivity index (χ0v) is 9.53. The van der Waals surface area contributed by atoms with Gasteiger partial charge >= 0.3 is 12.0 Å². The molecule has 0 saturated carbocycles. The van der Waals surface area contributed by atoms with E-state index in [1.165, 1.54) is 0 Å². The number of nitrogens with one attached hydrogen (secondary N) is 2. The largest absolute Gasteiger partial charge is 0.481 e. The van der Waals surface area contributed by atoms with Gasteiger partial charge in [-0.2, -0.15) is 0 Å². The van der Waals surface area contributed by atoms with Crippen molar-refractivity contribution in [3.63, 3.8) is 0 Å². The Morgan fingerprint density at radius 3 is 2.75 bits per heavy atom. The van der Waals surface area contributed by atoms with Crippen molar-refractivity contribution in [1.82, 2.24) is 10.6 Å². The molecule has 1 aliphatic rings. The van der Waals surface area contributed by atoms with Gasteiger partial charge in [0.15, 0.2) is 0 Å². The number of hydrogen-bond donors (Lipinski definition) is 3. The van der Waals surface area contributed by atoms with E-state index in [2.05, 4.69) is 10.6 Å². The van der Waals surface area contributed by atoms with Crippen molar-refractivity contribution < 1.29 is 19.4 Å². The summed E-state index contributed by atoms with van der Waals surface area (Å²) in [4.78, 5) is 21.9. The molecule has 0 aromatic rings. The van der Waals surface area contributed by atoms with E-state index in [4.69, 9.17) is 9.84 Å². The molecule has 3 N–H and O–H groups in total. The van der Waals surface area contributed by atoms with Gasteiger partial charge in [0.2, 0.25) is 0 Å². The van der Waals surface area contributed by atoms with E-state index in [-0.39, 0.29) is 24.7 Å². The van der Waals surface area contributed by atoms with Crippen LogP contribution in [0.3, 0.4) is 0 Å². The molecule has 0 aliphatic carbocycles. The van der Waals surface area contributed by atoms with Gasteiger partial charge in [0, 0.05) is 13.2 Å². The standard InChI is InChI=1S/C10H18N2O4/c1-6(9(13)14)5-11-10(15)12-8-3-4-16-7(8)2/h6-8H,3-5H2,1-2H3,(H,13,14)(H2,11,12,15). The summed E-state index contributed by atoms with van der Waals surface area (Å²) in [5.74, 6) is -1.50. The van der Waals surface area contributed by atoms with E-state index < -0.39 is 11.9 Å². The molecule has 2 amide bonds. The summed E-state index contributed by atoms with van der Waals surface area (Å²) in [7, 11) is 0. The Morgan fingerprint density at radius 1 is 1.56 bits per heavy atom. The molecule has 0 aromatic heterocycles. The van der Waals surface area contributed by atoms with Crippen molar-refractivity contribution in [3.05, 3.63) is 0 Å². The van der Waals surface area contributed by atoms with E-state index in [1.54, 1.807) is 6.92 Å². The lowest BCUT2D eigenvalue weighted by Gasteiger charge is -2.17. The number of hydrogen-bond acceptors (Lipinski definition) is 3. The van der Waals surface area contributed by atoms with Crippen LogP contribution in [-0.4, -0.2) is 42.4 Å². The lowest BCUT2D eigenvalue weighted by Crippen LogP contribution is -2.46. The Hall–Kier alpha value is -1.30. The highest BCUT2D eigenvalue weighted by Gasteiger charge is 2.25. The zero-order chi connectivity index (χ0) is 12.1. The Labute approximate surface area is 94.3 Å². The van der Waals surface area contributed by atoms with Crippen molar-refractivity contribution in [2.24, 2.45) is 5.92 Å². The first kappa shape index (κ1) is 12.8. The molecule has 6 nitrogen and oxygen atoms in total. The van der Waals surface area contributed by atoms with E-state index in [0.29, 0.717) is 6.61 Å². The maximum Gasteiger partial charge on any atom is 0.315 e. The number of ether oxygens (including phenoxy) is 1. The van der Waals surface area contributed by atoms with E-state index >= 15 is 0 Å². The number of aliphatic carboxylic acids is 1. The van der Waals surface area contributed by atoms with Crippen LogP contribution >= 0.6 is 0 Å². The number of rotatable bonds is 4. The van der Waals surface area contributed by atoms with Crippen LogP contribution in [0.4, 0.5) is 4.79 Å². The molecule has 1 fully saturated rings. The Balaban J connectivity index is 2.23. The molecule has 6 heteroatoms. The molecule has 3 atom stereocenters. The molecule has 0 spiro atoms. The summed E-state index contributed by atoms with van der Waals surface area (Å²) in [5.41, 5.74) is 0. The molecular formula is C10H18N2O4. The molecule has 1 saturated heterocycles. The molecule has 92 valence electrons. The lowest BCUT2D eigenvalue weighted by molar-refractivity contribution is -0.140. The number of urea groups is 1. The minimum atomic E-state index is -0.919. The zero-order valence-electron chi connectivity index (χ0n) is 9.53. The molecular weight excluding hydrogens is 212 g/mol. The Kier molecular flexibility index (Phi) is 4.54. The number of amides is 2. The first-order valence-electron chi connectivity index (χ1n) is 5.39. The van der Waals surface area contributed by atoms with Crippen molar-refractivity contribution in [1.29, 1.82) is 0 Å². The summed E-state index contributed by atoms with van der Waals surface area (Å²) >= 11 is 0. The monoisotopic (exact) mass is 230 g/mol. The molecule has 0 bridgehead atoms. The summed E-state index contributed by atoms with van der Waals surface area (Å²) in [6.45, 7) is 4.22. The lowest BCUT2D eigenvalue weighted by atomic mass is 10.1. The summed E-state index contributed by atoms with van der Waals surface area (Å²) in [6, 6.07) is -0.324. The second kappa shape index (κ2) is 5.69. The third-order valence-corrected chi connectivity index (χ3v) is 2.68. The molecule has 16 heavy (non-hydrogen) atoms. The fourth-order valence-corrected chi connectivity index (χ4v) is 1.47. The van der Waals surface area contributed by atoms with E-state index in [1.807, 2.05) is 6.92 Å². The molecule has 0 radical (unpaired) electrons. The van der Waals surface area contributed by atoms with Crippen LogP contribution in [0.2, 0.25) is 0 Å². The number of carboxylic acid groups (broad SMARTS) is 1. The van der Waals surface area contributed by atoms with Gasteiger partial charge in [-0.25, -0.2) is 4.79 Å². The number of carbonyl (C=O) groups is 2. The van der Waals surface area contributed by atoms with Crippen molar-refractivity contribution in [2.45, 2.75) is 32.4 Å². The first-order valence-corrected chi connectivity index (χ1v) is 5.39. The molecule has 1 heterocycles. The third kappa shape index (κ3) is 3.69. The fraction of sp³-hybridized carbons (Fsp3) is 0.800. The second-order valence-corrected chi connectivity index (χ2v) is 4.06. The van der Waals surface area contributed by atoms with Crippen LogP contribution < -0.4 is 10.6 Å². The molecule has 3 unspecified atom stereocenters. The average molecular weight is 230 g/mol. The number of carboxylic acids is 1. The summed E-state index contributed by atoms with van der Waals surface area (Å²) < 4.78 is 5.29. The van der Waals surface area contributed by atoms with Crippen LogP contribution in [0.15, 0.2) is 0 Å². The molecule has 1 aliphatic heterocycles. The van der Waals surface area contributed by atoms with Crippen molar-refractivity contribution in [3.8, 4) is 0 Å². The van der Waals surface area contributed by atoms with Crippen molar-refractivity contribution >= 4 is 12.0 Å². The predicted molar refractivity (Wildman–Crippen MR) is 57.2 cm³/mol. The predicted octanol–water partition coefficient (Wildman–Crippen LogP) is 0.184. The van der Waals surface area contributed by atoms with Gasteiger partial charge in [-0.15, -0.1) is 0 Å². The minimum Gasteiger partial charge on any atom is -0.481 e. The van der Waals surface area contributed by atoms with Crippen molar-refractivity contribution in [2.75, 3.05) is 13.2 Å². The van der Waals surface area contributed by atoms with Gasteiger partial charge in [0.1, 0.15) is 0 Å². The Morgan fingerprint density at radius 2 is 2.25 bits per heavy atom. The highest BCUT2D eigenvalue weighted by molar-refractivity contribution is 5.76. The van der Waals surface area contributed by atoms with Crippen LogP contribution in [0.1, 0.15) is 20.3 Å². The third-order valence-electron chi connectivity index (χ3n) is 2.68. The quantitative estimate of drug-likeness (QED) is 0.643. The fourth-order valence-electron chi connectivity index (χ4n) is 1.47. The van der Waals surface area contributed by atoms with Gasteiger partial charge < -0.3 is 20.5 Å². The van der Waals surface area contributed by atoms with Crippen LogP contribution in [0.5, 0.6) is 0 Å². The highest BCUT2D eigenvalue weighted by atomic mass is 16.5. The topological polar surface area (TPSA) is 87.7 Å². The maximum absolute atomic E-state index is 11.4. The first-order chi connectivity index (χ1) is 7.50. The van der Waals surface area contributed by atoms with Gasteiger partial charge in [-0.1, -0.05) is 6.92 Å². The van der Waals surface area contributed by atoms with E-state index in [9.17, 15) is 9.59 Å². The second-order valence-electron chi connectivity index (χ2n) is 4.06. The number of carbonyl (C=O) groups excluding carboxylic acids is 1. The molecule has 0 aromatic carbocycles. The Bertz CT molecular complexity index is 270. The van der Waals surface area contributed by atoms with E-state index in [0.717, 1.165) is 6.42 Å². The SMILES string of the molecule is CC(CNC(=O)NC1CCOC1C)C(=O)O. The maximum atomic E-state index is 11.4. The van der Waals surface area contributed by atoms with Gasteiger partial charge in [-0.05, 0) is 13.3 Å². The normalized spacial score (nSPS) is 26.1. The van der Waals surface area contributed by atoms with Crippen LogP contribution in [0.25, 0.3) is 0 Å². The average Bonchev–Trinajstić information content (AvgIpc) is 2.60. The smallest absolute Gasteiger partial charge is 0.315 e. The minimum absolute atomic E-state index is 0.0140. The van der Waals surface area contributed by atoms with Crippen LogP contribution in [0, 0.1) is 5.92 Å².